The van der Waals surface area contributed by atoms with Gasteiger partial charge in [0.25, 0.3) is 0 Å². The number of methoxy groups -OCH3 is 1. The first-order valence-corrected chi connectivity index (χ1v) is 7.46. The third-order valence-corrected chi connectivity index (χ3v) is 4.43. The van der Waals surface area contributed by atoms with Gasteiger partial charge in [0.15, 0.2) is 0 Å². The zero-order chi connectivity index (χ0) is 13.1. The highest BCUT2D eigenvalue weighted by atomic mass is 16.5. The van der Waals surface area contributed by atoms with Crippen LogP contribution >= 0.6 is 0 Å². The summed E-state index contributed by atoms with van der Waals surface area (Å²) in [5.74, 6) is 1.73. The van der Waals surface area contributed by atoms with Crippen molar-refractivity contribution in [2.45, 2.75) is 31.7 Å². The van der Waals surface area contributed by atoms with Crippen LogP contribution in [0.5, 0.6) is 5.75 Å². The third kappa shape index (κ3) is 2.93. The minimum atomic E-state index is 0.684. The van der Waals surface area contributed by atoms with E-state index in [9.17, 15) is 0 Å². The molecular weight excluding hydrogens is 236 g/mol. The summed E-state index contributed by atoms with van der Waals surface area (Å²) in [6.45, 7) is 5.78. The van der Waals surface area contributed by atoms with Gasteiger partial charge in [-0.15, -0.1) is 0 Å². The molecule has 3 nitrogen and oxygen atoms in total. The predicted octanol–water partition coefficient (Wildman–Crippen LogP) is 2.37. The van der Waals surface area contributed by atoms with Crippen molar-refractivity contribution in [3.63, 3.8) is 0 Å². The number of benzene rings is 1. The maximum atomic E-state index is 5.53. The molecule has 1 aromatic carbocycles. The van der Waals surface area contributed by atoms with Crippen LogP contribution in [0.15, 0.2) is 18.2 Å². The Morgan fingerprint density at radius 3 is 2.84 bits per heavy atom. The van der Waals surface area contributed by atoms with E-state index in [0.29, 0.717) is 5.92 Å². The molecule has 0 saturated carbocycles. The maximum Gasteiger partial charge on any atom is 0.123 e. The zero-order valence-corrected chi connectivity index (χ0v) is 11.8. The fourth-order valence-electron chi connectivity index (χ4n) is 3.30. The molecule has 3 heteroatoms. The topological polar surface area (TPSA) is 24.5 Å². The normalized spacial score (nSPS) is 23.9. The highest BCUT2D eigenvalue weighted by Crippen LogP contribution is 2.29. The quantitative estimate of drug-likeness (QED) is 0.899. The van der Waals surface area contributed by atoms with Gasteiger partial charge in [-0.25, -0.2) is 0 Å². The van der Waals surface area contributed by atoms with Gasteiger partial charge in [0.05, 0.1) is 7.11 Å². The van der Waals surface area contributed by atoms with Gasteiger partial charge < -0.3 is 10.1 Å². The van der Waals surface area contributed by atoms with Gasteiger partial charge in [-0.05, 0) is 56.4 Å². The van der Waals surface area contributed by atoms with Crippen LogP contribution in [-0.4, -0.2) is 38.2 Å². The Hall–Kier alpha value is -1.06. The molecule has 0 radical (unpaired) electrons. The molecule has 1 N–H and O–H groups in total. The molecule has 0 amide bonds. The Labute approximate surface area is 115 Å². The molecule has 2 saturated heterocycles. The third-order valence-electron chi connectivity index (χ3n) is 4.43. The number of rotatable bonds is 4. The lowest BCUT2D eigenvalue weighted by atomic mass is 9.96. The summed E-state index contributed by atoms with van der Waals surface area (Å²) in [6.07, 6.45) is 3.94. The van der Waals surface area contributed by atoms with E-state index in [4.69, 9.17) is 4.74 Å². The number of ether oxygens (including phenoxy) is 1. The Bertz CT molecular complexity index is 421. The number of hydrogen-bond donors (Lipinski definition) is 1. The Morgan fingerprint density at radius 2 is 2.16 bits per heavy atom. The zero-order valence-electron chi connectivity index (χ0n) is 11.8. The van der Waals surface area contributed by atoms with Crippen LogP contribution in [0.25, 0.3) is 0 Å². The second-order valence-corrected chi connectivity index (χ2v) is 5.74. The number of hydrogen-bond acceptors (Lipinski definition) is 3. The summed E-state index contributed by atoms with van der Waals surface area (Å²) in [5, 5.41) is 3.45. The highest BCUT2D eigenvalue weighted by Gasteiger charge is 2.19. The molecule has 1 atom stereocenters. The summed E-state index contributed by atoms with van der Waals surface area (Å²) in [6, 6.07) is 6.76. The van der Waals surface area contributed by atoms with Gasteiger partial charge in [-0.3, -0.25) is 4.90 Å². The van der Waals surface area contributed by atoms with Crippen molar-refractivity contribution in [3.05, 3.63) is 29.3 Å². The van der Waals surface area contributed by atoms with Crippen LogP contribution < -0.4 is 10.1 Å². The fourth-order valence-corrected chi connectivity index (χ4v) is 3.30. The lowest BCUT2D eigenvalue weighted by Crippen LogP contribution is -2.19. The van der Waals surface area contributed by atoms with Crippen LogP contribution in [-0.2, 0) is 6.54 Å². The van der Waals surface area contributed by atoms with E-state index in [1.807, 2.05) is 0 Å². The van der Waals surface area contributed by atoms with Crippen LogP contribution in [0.3, 0.4) is 0 Å². The monoisotopic (exact) mass is 260 g/mol. The van der Waals surface area contributed by atoms with Crippen molar-refractivity contribution in [3.8, 4) is 5.75 Å². The van der Waals surface area contributed by atoms with Gasteiger partial charge in [0.1, 0.15) is 5.75 Å². The van der Waals surface area contributed by atoms with Gasteiger partial charge in [0, 0.05) is 18.7 Å². The highest BCUT2D eigenvalue weighted by molar-refractivity contribution is 5.39. The molecule has 2 aliphatic heterocycles. The van der Waals surface area contributed by atoms with E-state index in [1.54, 1.807) is 7.11 Å². The van der Waals surface area contributed by atoms with Crippen molar-refractivity contribution in [2.24, 2.45) is 0 Å². The van der Waals surface area contributed by atoms with Crippen molar-refractivity contribution < 1.29 is 4.74 Å². The molecule has 3 rings (SSSR count). The molecule has 2 aliphatic rings. The maximum absolute atomic E-state index is 5.53. The van der Waals surface area contributed by atoms with E-state index in [0.717, 1.165) is 25.4 Å². The fraction of sp³-hybridized carbons (Fsp3) is 0.625. The van der Waals surface area contributed by atoms with E-state index >= 15 is 0 Å². The molecular formula is C16H24N2O. The summed E-state index contributed by atoms with van der Waals surface area (Å²) in [5.41, 5.74) is 2.83. The lowest BCUT2D eigenvalue weighted by Gasteiger charge is -2.19. The summed E-state index contributed by atoms with van der Waals surface area (Å²) >= 11 is 0. The largest absolute Gasteiger partial charge is 0.496 e. The number of likely N-dealkylation sites (tertiary alicyclic amines) is 1. The molecule has 2 heterocycles. The lowest BCUT2D eigenvalue weighted by molar-refractivity contribution is 0.320. The van der Waals surface area contributed by atoms with Crippen LogP contribution in [0.1, 0.15) is 36.3 Å². The average Bonchev–Trinajstić information content (AvgIpc) is 3.11. The van der Waals surface area contributed by atoms with Gasteiger partial charge >= 0.3 is 0 Å². The molecule has 0 aromatic heterocycles. The molecule has 1 unspecified atom stereocenters. The summed E-state index contributed by atoms with van der Waals surface area (Å²) in [7, 11) is 1.78. The SMILES string of the molecule is COc1ccc(C2CCNC2)cc1CN1CCCC1. The van der Waals surface area contributed by atoms with Crippen LogP contribution in [0, 0.1) is 0 Å². The Morgan fingerprint density at radius 1 is 1.32 bits per heavy atom. The minimum Gasteiger partial charge on any atom is -0.496 e. The molecule has 104 valence electrons. The number of nitrogens with one attached hydrogen (secondary N) is 1. The minimum absolute atomic E-state index is 0.684. The molecule has 19 heavy (non-hydrogen) atoms. The van der Waals surface area contributed by atoms with Crippen molar-refractivity contribution in [1.82, 2.24) is 10.2 Å². The van der Waals surface area contributed by atoms with Gasteiger partial charge in [0.2, 0.25) is 0 Å². The van der Waals surface area contributed by atoms with Gasteiger partial charge in [-0.2, -0.15) is 0 Å². The molecule has 0 aliphatic carbocycles. The first-order chi connectivity index (χ1) is 9.36. The second kappa shape index (κ2) is 5.93. The van der Waals surface area contributed by atoms with Crippen LogP contribution in [0.4, 0.5) is 0 Å². The first kappa shape index (κ1) is 12.9. The van der Waals surface area contributed by atoms with Crippen LogP contribution in [0.2, 0.25) is 0 Å². The standard InChI is InChI=1S/C16H24N2O/c1-19-16-5-4-13(14-6-7-17-11-14)10-15(16)12-18-8-2-3-9-18/h4-5,10,14,17H,2-3,6-9,11-12H2,1H3. The smallest absolute Gasteiger partial charge is 0.123 e. The molecule has 0 spiro atoms. The molecule has 2 fully saturated rings. The predicted molar refractivity (Wildman–Crippen MR) is 77.7 cm³/mol. The second-order valence-electron chi connectivity index (χ2n) is 5.74. The summed E-state index contributed by atoms with van der Waals surface area (Å²) < 4.78 is 5.53. The van der Waals surface area contributed by atoms with Crippen molar-refractivity contribution in [2.75, 3.05) is 33.3 Å². The van der Waals surface area contributed by atoms with E-state index in [1.165, 1.54) is 43.5 Å². The van der Waals surface area contributed by atoms with E-state index in [2.05, 4.69) is 28.4 Å². The average molecular weight is 260 g/mol. The van der Waals surface area contributed by atoms with E-state index < -0.39 is 0 Å². The van der Waals surface area contributed by atoms with Crippen molar-refractivity contribution in [1.29, 1.82) is 0 Å². The first-order valence-electron chi connectivity index (χ1n) is 7.46. The summed E-state index contributed by atoms with van der Waals surface area (Å²) in [4.78, 5) is 2.54. The van der Waals surface area contributed by atoms with E-state index in [-0.39, 0.29) is 0 Å². The Balaban J connectivity index is 1.79. The van der Waals surface area contributed by atoms with Gasteiger partial charge in [-0.1, -0.05) is 12.1 Å². The Kier molecular flexibility index (Phi) is 4.04. The van der Waals surface area contributed by atoms with Crippen molar-refractivity contribution >= 4 is 0 Å². The molecule has 0 bridgehead atoms. The molecule has 1 aromatic rings. The number of nitrogens with zero attached hydrogens (tertiary/aromatic N) is 1.